The number of sulfone groups is 1. The van der Waals surface area contributed by atoms with Crippen LogP contribution >= 0.6 is 23.2 Å². The molecule has 2 aromatic rings. The van der Waals surface area contributed by atoms with Crippen molar-refractivity contribution < 1.29 is 23.1 Å². The molecule has 3 rings (SSSR count). The minimum Gasteiger partial charge on any atom is -0.481 e. The summed E-state index contributed by atoms with van der Waals surface area (Å²) in [6, 6.07) is 12.3. The van der Waals surface area contributed by atoms with E-state index in [1.165, 1.54) is 31.4 Å². The first-order valence-electron chi connectivity index (χ1n) is 7.72. The third-order valence-electron chi connectivity index (χ3n) is 4.72. The van der Waals surface area contributed by atoms with E-state index in [2.05, 4.69) is 0 Å². The molecule has 0 spiro atoms. The molecular formula is C18H16Cl2O5S. The molecule has 138 valence electrons. The monoisotopic (exact) mass is 414 g/mol. The summed E-state index contributed by atoms with van der Waals surface area (Å²) in [5.41, 5.74) is -1.02. The Hall–Kier alpha value is -1.60. The summed E-state index contributed by atoms with van der Waals surface area (Å²) in [7, 11) is -2.58. The van der Waals surface area contributed by atoms with Gasteiger partial charge in [0.15, 0.2) is 9.84 Å². The molecule has 1 aliphatic carbocycles. The Morgan fingerprint density at radius 2 is 1.81 bits per heavy atom. The number of carbonyl (C=O) groups is 1. The predicted molar refractivity (Wildman–Crippen MR) is 98.6 cm³/mol. The lowest BCUT2D eigenvalue weighted by Gasteiger charge is -2.12. The van der Waals surface area contributed by atoms with Crippen LogP contribution in [0.3, 0.4) is 0 Å². The quantitative estimate of drug-likeness (QED) is 0.779. The fourth-order valence-electron chi connectivity index (χ4n) is 3.53. The molecule has 0 aromatic heterocycles. The lowest BCUT2D eigenvalue weighted by Crippen LogP contribution is -2.28. The van der Waals surface area contributed by atoms with Crippen molar-refractivity contribution in [1.29, 1.82) is 0 Å². The van der Waals surface area contributed by atoms with E-state index in [-0.39, 0.29) is 11.5 Å². The van der Waals surface area contributed by atoms with Gasteiger partial charge in [-0.25, -0.2) is 8.42 Å². The fraction of sp³-hybridized carbons (Fsp3) is 0.278. The van der Waals surface area contributed by atoms with Gasteiger partial charge in [-0.3, -0.25) is 4.79 Å². The number of carboxylic acids is 1. The smallest absolute Gasteiger partial charge is 0.314 e. The molecule has 0 aliphatic heterocycles. The average Bonchev–Trinajstić information content (AvgIpc) is 3.27. The second-order valence-corrected chi connectivity index (χ2v) is 9.17. The number of carboxylic acid groups (broad SMARTS) is 1. The summed E-state index contributed by atoms with van der Waals surface area (Å²) >= 11 is 11.9. The number of hydrogen-bond donors (Lipinski definition) is 1. The van der Waals surface area contributed by atoms with Crippen LogP contribution in [0.5, 0.6) is 0 Å². The Balaban J connectivity index is 2.13. The van der Waals surface area contributed by atoms with Gasteiger partial charge in [-0.05, 0) is 42.0 Å². The lowest BCUT2D eigenvalue weighted by atomic mass is 10.00. The highest BCUT2D eigenvalue weighted by molar-refractivity contribution is 7.92. The molecule has 0 heterocycles. The van der Waals surface area contributed by atoms with Gasteiger partial charge in [-0.1, -0.05) is 35.3 Å². The fourth-order valence-corrected chi connectivity index (χ4v) is 6.21. The number of rotatable bonds is 6. The second kappa shape index (κ2) is 6.85. The minimum absolute atomic E-state index is 0.0261. The molecule has 0 bridgehead atoms. The van der Waals surface area contributed by atoms with Crippen LogP contribution in [0.25, 0.3) is 0 Å². The Bertz CT molecular complexity index is 942. The van der Waals surface area contributed by atoms with Crippen LogP contribution in [-0.2, 0) is 19.4 Å². The van der Waals surface area contributed by atoms with E-state index < -0.39 is 32.4 Å². The van der Waals surface area contributed by atoms with E-state index >= 15 is 0 Å². The first-order valence-corrected chi connectivity index (χ1v) is 10.0. The number of halogens is 2. The molecule has 2 aromatic carbocycles. The van der Waals surface area contributed by atoms with Crippen LogP contribution in [0.4, 0.5) is 0 Å². The van der Waals surface area contributed by atoms with E-state index in [0.717, 1.165) is 0 Å². The van der Waals surface area contributed by atoms with Crippen molar-refractivity contribution in [3.8, 4) is 0 Å². The zero-order valence-electron chi connectivity index (χ0n) is 13.7. The summed E-state index contributed by atoms with van der Waals surface area (Å²) < 4.78 is 31.4. The largest absolute Gasteiger partial charge is 0.481 e. The summed E-state index contributed by atoms with van der Waals surface area (Å²) in [6.45, 7) is -0.225. The molecule has 1 fully saturated rings. The first-order chi connectivity index (χ1) is 12.2. The van der Waals surface area contributed by atoms with Gasteiger partial charge in [0, 0.05) is 23.1 Å². The maximum Gasteiger partial charge on any atom is 0.314 e. The zero-order chi connectivity index (χ0) is 19.1. The Morgan fingerprint density at radius 3 is 2.35 bits per heavy atom. The van der Waals surface area contributed by atoms with Crippen LogP contribution in [0.2, 0.25) is 10.0 Å². The van der Waals surface area contributed by atoms with Crippen molar-refractivity contribution in [3.05, 3.63) is 64.1 Å². The molecule has 26 heavy (non-hydrogen) atoms. The first kappa shape index (κ1) is 19.2. The molecule has 0 radical (unpaired) electrons. The number of hydrogen-bond acceptors (Lipinski definition) is 4. The number of aliphatic carboxylic acids is 1. The van der Waals surface area contributed by atoms with E-state index in [4.69, 9.17) is 27.9 Å². The summed E-state index contributed by atoms with van der Waals surface area (Å²) in [6.07, 6.45) is 0. The van der Waals surface area contributed by atoms with E-state index in [1.54, 1.807) is 24.3 Å². The summed E-state index contributed by atoms with van der Waals surface area (Å²) in [4.78, 5) is 12.1. The molecule has 3 atom stereocenters. The van der Waals surface area contributed by atoms with E-state index in [9.17, 15) is 18.3 Å². The van der Waals surface area contributed by atoms with Crippen LogP contribution in [-0.4, -0.2) is 38.5 Å². The topological polar surface area (TPSA) is 80.7 Å². The van der Waals surface area contributed by atoms with E-state index in [1.807, 2.05) is 0 Å². The van der Waals surface area contributed by atoms with Crippen molar-refractivity contribution in [2.75, 3.05) is 13.7 Å². The van der Waals surface area contributed by atoms with Gasteiger partial charge in [0.1, 0.15) is 5.41 Å². The number of ether oxygens (including phenoxy) is 1. The lowest BCUT2D eigenvalue weighted by molar-refractivity contribution is -0.145. The maximum absolute atomic E-state index is 13.2. The van der Waals surface area contributed by atoms with Crippen molar-refractivity contribution in [2.24, 2.45) is 5.41 Å². The maximum atomic E-state index is 13.2. The summed E-state index contributed by atoms with van der Waals surface area (Å²) in [5, 5.41) is 9.51. The average molecular weight is 415 g/mol. The third kappa shape index (κ3) is 3.01. The minimum atomic E-state index is -3.93. The van der Waals surface area contributed by atoms with Crippen LogP contribution < -0.4 is 0 Å². The highest BCUT2D eigenvalue weighted by Crippen LogP contribution is 2.64. The molecular weight excluding hydrogens is 399 g/mol. The van der Waals surface area contributed by atoms with Crippen molar-refractivity contribution in [3.63, 3.8) is 0 Å². The van der Waals surface area contributed by atoms with Gasteiger partial charge in [-0.2, -0.15) is 0 Å². The normalized spacial score (nSPS) is 25.0. The molecule has 1 aliphatic rings. The standard InChI is InChI=1S/C18H16Cl2O5S/c1-25-10-18(17(21)22)15(11-3-2-4-13(20)9-11)16(18)26(23,24)14-7-5-12(19)6-8-14/h2-9,15-16H,10H2,1H3,(H,21,22)/t15-,16+,18-/m0/s1. The number of benzene rings is 2. The number of methoxy groups -OCH3 is 1. The van der Waals surface area contributed by atoms with Gasteiger partial charge in [-0.15, -0.1) is 0 Å². The zero-order valence-corrected chi connectivity index (χ0v) is 16.1. The van der Waals surface area contributed by atoms with Crippen LogP contribution in [0.15, 0.2) is 53.4 Å². The SMILES string of the molecule is COC[C@@]1(C(=O)O)[C@H](S(=O)(=O)c2ccc(Cl)cc2)[C@@H]1c1cccc(Cl)c1. The molecule has 0 amide bonds. The van der Waals surface area contributed by atoms with Gasteiger partial charge >= 0.3 is 5.97 Å². The summed E-state index contributed by atoms with van der Waals surface area (Å²) in [5.74, 6) is -1.98. The van der Waals surface area contributed by atoms with Crippen LogP contribution in [0, 0.1) is 5.41 Å². The van der Waals surface area contributed by atoms with Crippen molar-refractivity contribution in [1.82, 2.24) is 0 Å². The predicted octanol–water partition coefficient (Wildman–Crippen LogP) is 3.65. The highest BCUT2D eigenvalue weighted by Gasteiger charge is 2.76. The Kier molecular flexibility index (Phi) is 5.05. The van der Waals surface area contributed by atoms with Crippen LogP contribution in [0.1, 0.15) is 11.5 Å². The van der Waals surface area contributed by atoms with Gasteiger partial charge in [0.25, 0.3) is 0 Å². The third-order valence-corrected chi connectivity index (χ3v) is 7.50. The molecule has 8 heteroatoms. The van der Waals surface area contributed by atoms with Crippen molar-refractivity contribution >= 4 is 39.0 Å². The molecule has 0 saturated heterocycles. The Labute approximate surface area is 161 Å². The molecule has 1 N–H and O–H groups in total. The molecule has 1 saturated carbocycles. The van der Waals surface area contributed by atoms with Gasteiger partial charge < -0.3 is 9.84 Å². The van der Waals surface area contributed by atoms with Crippen molar-refractivity contribution in [2.45, 2.75) is 16.1 Å². The van der Waals surface area contributed by atoms with E-state index in [0.29, 0.717) is 15.6 Å². The Morgan fingerprint density at radius 1 is 1.15 bits per heavy atom. The molecule has 0 unspecified atom stereocenters. The second-order valence-electron chi connectivity index (χ2n) is 6.23. The van der Waals surface area contributed by atoms with Gasteiger partial charge in [0.2, 0.25) is 0 Å². The van der Waals surface area contributed by atoms with Gasteiger partial charge in [0.05, 0.1) is 16.8 Å². The highest BCUT2D eigenvalue weighted by atomic mass is 35.5. The molecule has 5 nitrogen and oxygen atoms in total.